The molecular formula is C24H29F4NO3S. The molecule has 9 heteroatoms. The van der Waals surface area contributed by atoms with Crippen molar-refractivity contribution in [2.24, 2.45) is 5.92 Å². The Labute approximate surface area is 192 Å². The van der Waals surface area contributed by atoms with E-state index >= 15 is 0 Å². The highest BCUT2D eigenvalue weighted by Crippen LogP contribution is 2.28. The lowest BCUT2D eigenvalue weighted by Crippen LogP contribution is -2.26. The number of rotatable bonds is 11. The van der Waals surface area contributed by atoms with Crippen LogP contribution in [0.25, 0.3) is 0 Å². The average Bonchev–Trinajstić information content (AvgIpc) is 2.78. The Morgan fingerprint density at radius 1 is 0.939 bits per heavy atom. The maximum atomic E-state index is 14.5. The van der Waals surface area contributed by atoms with Gasteiger partial charge in [-0.3, -0.25) is 4.79 Å². The number of hydrogen-bond acceptors (Lipinski definition) is 3. The second-order valence-electron chi connectivity index (χ2n) is 8.25. The monoisotopic (exact) mass is 487 g/mol. The number of amides is 1. The van der Waals surface area contributed by atoms with Crippen LogP contribution in [0.4, 0.5) is 23.2 Å². The van der Waals surface area contributed by atoms with Gasteiger partial charge in [0.15, 0.2) is 21.5 Å². The van der Waals surface area contributed by atoms with Crippen LogP contribution in [0.5, 0.6) is 0 Å². The van der Waals surface area contributed by atoms with E-state index < -0.39 is 49.5 Å². The summed E-state index contributed by atoms with van der Waals surface area (Å²) in [6.45, 7) is 4.99. The number of carbonyl (C=O) groups excluding carboxylic acids is 1. The molecule has 1 N–H and O–H groups in total. The van der Waals surface area contributed by atoms with Gasteiger partial charge in [-0.1, -0.05) is 26.7 Å². The van der Waals surface area contributed by atoms with Crippen molar-refractivity contribution in [2.45, 2.75) is 69.2 Å². The van der Waals surface area contributed by atoms with Gasteiger partial charge in [-0.25, -0.2) is 26.0 Å². The van der Waals surface area contributed by atoms with Crippen LogP contribution in [0.15, 0.2) is 41.3 Å². The van der Waals surface area contributed by atoms with Gasteiger partial charge in [0, 0.05) is 17.3 Å². The van der Waals surface area contributed by atoms with Crippen molar-refractivity contribution >= 4 is 21.4 Å². The third kappa shape index (κ3) is 7.03. The average molecular weight is 488 g/mol. The Morgan fingerprint density at radius 3 is 2.21 bits per heavy atom. The number of benzene rings is 2. The molecular weight excluding hydrogens is 458 g/mol. The first kappa shape index (κ1) is 26.8. The number of carbonyl (C=O) groups is 1. The maximum absolute atomic E-state index is 14.5. The van der Waals surface area contributed by atoms with E-state index in [1.165, 1.54) is 6.92 Å². The Balaban J connectivity index is 2.15. The molecule has 0 spiro atoms. The summed E-state index contributed by atoms with van der Waals surface area (Å²) in [4.78, 5) is 11.9. The van der Waals surface area contributed by atoms with Crippen LogP contribution in [0.2, 0.25) is 0 Å². The minimum absolute atomic E-state index is 0.0341. The summed E-state index contributed by atoms with van der Waals surface area (Å²) in [6.07, 6.45) is 1.83. The number of halogens is 4. The summed E-state index contributed by atoms with van der Waals surface area (Å²) in [5, 5.41) is 1.40. The van der Waals surface area contributed by atoms with E-state index in [2.05, 4.69) is 5.32 Å². The lowest BCUT2D eigenvalue weighted by Gasteiger charge is -2.21. The van der Waals surface area contributed by atoms with Crippen LogP contribution in [-0.2, 0) is 9.84 Å². The van der Waals surface area contributed by atoms with E-state index in [9.17, 15) is 30.8 Å². The van der Waals surface area contributed by atoms with Gasteiger partial charge in [0.1, 0.15) is 10.7 Å². The number of sulfone groups is 1. The van der Waals surface area contributed by atoms with Crippen molar-refractivity contribution in [3.8, 4) is 0 Å². The Morgan fingerprint density at radius 2 is 1.58 bits per heavy atom. The second-order valence-corrected chi connectivity index (χ2v) is 10.5. The molecule has 1 amide bonds. The van der Waals surface area contributed by atoms with Crippen molar-refractivity contribution in [1.29, 1.82) is 0 Å². The molecule has 0 heterocycles. The fraction of sp³-hybridized carbons (Fsp3) is 0.458. The highest BCUT2D eigenvalue weighted by Gasteiger charge is 2.31. The van der Waals surface area contributed by atoms with E-state index in [0.717, 1.165) is 36.4 Å². The van der Waals surface area contributed by atoms with Crippen molar-refractivity contribution < 1.29 is 30.8 Å². The largest absolute Gasteiger partial charge is 0.322 e. The van der Waals surface area contributed by atoms with Gasteiger partial charge in [-0.2, -0.15) is 0 Å². The topological polar surface area (TPSA) is 63.2 Å². The van der Waals surface area contributed by atoms with Crippen molar-refractivity contribution in [3.05, 3.63) is 59.4 Å². The molecule has 33 heavy (non-hydrogen) atoms. The third-order valence-corrected chi connectivity index (χ3v) is 8.21. The summed E-state index contributed by atoms with van der Waals surface area (Å²) in [5.41, 5.74) is -0.179. The summed E-state index contributed by atoms with van der Waals surface area (Å²) in [6, 6.07) is 5.70. The molecule has 2 rings (SSSR count). The lowest BCUT2D eigenvalue weighted by atomic mass is 9.99. The smallest absolute Gasteiger partial charge is 0.255 e. The van der Waals surface area contributed by atoms with Gasteiger partial charge in [-0.15, -0.1) is 0 Å². The second kappa shape index (κ2) is 11.6. The minimum Gasteiger partial charge on any atom is -0.322 e. The van der Waals surface area contributed by atoms with Crippen LogP contribution in [0.1, 0.15) is 63.2 Å². The summed E-state index contributed by atoms with van der Waals surface area (Å²) in [5.74, 6) is -4.33. The molecule has 4 nitrogen and oxygen atoms in total. The fourth-order valence-corrected chi connectivity index (χ4v) is 5.20. The Kier molecular flexibility index (Phi) is 9.46. The standard InChI is InChI=1S/C24H29F4NO3S/c1-4-18(25)8-6-5-7-15(2)16(3)33(31,32)23-13-17(9-11-21(23)27)24(30)29-19-10-12-20(26)22(28)14-19/h9-16,18H,4-8H2,1-3H3,(H,29,30). The molecule has 0 bridgehead atoms. The zero-order valence-electron chi connectivity index (χ0n) is 18.9. The SMILES string of the molecule is CCC(F)CCCCC(C)C(C)S(=O)(=O)c1cc(C(=O)Nc2ccc(F)c(F)c2)ccc1F. The molecule has 0 fully saturated rings. The normalized spacial score (nSPS) is 14.5. The Hall–Kier alpha value is -2.42. The molecule has 3 atom stereocenters. The Bertz CT molecular complexity index is 1080. The van der Waals surface area contributed by atoms with E-state index in [1.54, 1.807) is 13.8 Å². The number of anilines is 1. The number of unbranched alkanes of at least 4 members (excludes halogenated alkanes) is 1. The predicted octanol–water partition coefficient (Wildman–Crippen LogP) is 6.46. The molecule has 3 unspecified atom stereocenters. The number of hydrogen-bond donors (Lipinski definition) is 1. The first-order chi connectivity index (χ1) is 15.5. The zero-order chi connectivity index (χ0) is 24.8. The number of nitrogens with one attached hydrogen (secondary N) is 1. The first-order valence-electron chi connectivity index (χ1n) is 10.9. The van der Waals surface area contributed by atoms with Gasteiger partial charge in [-0.05, 0) is 62.4 Å². The summed E-state index contributed by atoms with van der Waals surface area (Å²) >= 11 is 0. The van der Waals surface area contributed by atoms with E-state index in [0.29, 0.717) is 32.1 Å². The van der Waals surface area contributed by atoms with Gasteiger partial charge in [0.2, 0.25) is 0 Å². The molecule has 0 radical (unpaired) electrons. The summed E-state index contributed by atoms with van der Waals surface area (Å²) < 4.78 is 80.4. The van der Waals surface area contributed by atoms with E-state index in [-0.39, 0.29) is 17.2 Å². The highest BCUT2D eigenvalue weighted by atomic mass is 32.2. The molecule has 0 aliphatic heterocycles. The van der Waals surface area contributed by atoms with Crippen LogP contribution >= 0.6 is 0 Å². The van der Waals surface area contributed by atoms with Crippen LogP contribution in [0, 0.1) is 23.4 Å². The minimum atomic E-state index is -4.11. The van der Waals surface area contributed by atoms with E-state index in [1.807, 2.05) is 0 Å². The molecule has 182 valence electrons. The fourth-order valence-electron chi connectivity index (χ4n) is 3.42. The van der Waals surface area contributed by atoms with Gasteiger partial charge in [0.25, 0.3) is 5.91 Å². The van der Waals surface area contributed by atoms with Crippen LogP contribution < -0.4 is 5.32 Å². The molecule has 2 aromatic carbocycles. The first-order valence-corrected chi connectivity index (χ1v) is 12.5. The van der Waals surface area contributed by atoms with Crippen LogP contribution in [0.3, 0.4) is 0 Å². The van der Waals surface area contributed by atoms with Gasteiger partial charge < -0.3 is 5.32 Å². The lowest BCUT2D eigenvalue weighted by molar-refractivity contribution is 0.102. The van der Waals surface area contributed by atoms with Crippen molar-refractivity contribution in [2.75, 3.05) is 5.32 Å². The van der Waals surface area contributed by atoms with Crippen molar-refractivity contribution in [3.63, 3.8) is 0 Å². The molecule has 2 aromatic rings. The van der Waals surface area contributed by atoms with Crippen molar-refractivity contribution in [1.82, 2.24) is 0 Å². The highest BCUT2D eigenvalue weighted by molar-refractivity contribution is 7.92. The molecule has 0 aliphatic rings. The quantitative estimate of drug-likeness (QED) is 0.292. The summed E-state index contributed by atoms with van der Waals surface area (Å²) in [7, 11) is -4.11. The third-order valence-electron chi connectivity index (χ3n) is 5.84. The molecule has 0 saturated carbocycles. The zero-order valence-corrected chi connectivity index (χ0v) is 19.7. The molecule has 0 saturated heterocycles. The maximum Gasteiger partial charge on any atom is 0.255 e. The molecule has 0 aliphatic carbocycles. The molecule has 0 aromatic heterocycles. The van der Waals surface area contributed by atoms with Gasteiger partial charge >= 0.3 is 0 Å². The van der Waals surface area contributed by atoms with Crippen LogP contribution in [-0.4, -0.2) is 25.7 Å². The predicted molar refractivity (Wildman–Crippen MR) is 120 cm³/mol. The number of alkyl halides is 1. The van der Waals surface area contributed by atoms with E-state index in [4.69, 9.17) is 0 Å². The van der Waals surface area contributed by atoms with Gasteiger partial charge in [0.05, 0.1) is 11.4 Å².